The number of benzene rings is 2. The number of nitrogens with zero attached hydrogens (tertiary/aromatic N) is 6. The molecule has 2 aliphatic carbocycles. The van der Waals surface area contributed by atoms with Crippen molar-refractivity contribution in [3.05, 3.63) is 65.7 Å². The van der Waals surface area contributed by atoms with E-state index >= 15 is 0 Å². The van der Waals surface area contributed by atoms with Crippen LogP contribution in [-0.4, -0.2) is 47.6 Å². The summed E-state index contributed by atoms with van der Waals surface area (Å²) >= 11 is 0. The first kappa shape index (κ1) is 27.7. The van der Waals surface area contributed by atoms with Gasteiger partial charge in [-0.15, -0.1) is 5.10 Å². The molecule has 0 spiro atoms. The summed E-state index contributed by atoms with van der Waals surface area (Å²) in [5.41, 5.74) is 4.32. The van der Waals surface area contributed by atoms with Gasteiger partial charge in [-0.05, 0) is 66.6 Å². The maximum Gasteiger partial charge on any atom is 0.221 e. The minimum Gasteiger partial charge on any atom is -0.342 e. The van der Waals surface area contributed by atoms with E-state index in [1.54, 1.807) is 0 Å². The minimum atomic E-state index is -0.510. The maximum absolute atomic E-state index is 6.61. The van der Waals surface area contributed by atoms with Crippen LogP contribution in [0.3, 0.4) is 0 Å². The molecule has 2 aliphatic rings. The van der Waals surface area contributed by atoms with Gasteiger partial charge in [0.1, 0.15) is 5.82 Å². The molecule has 9 heteroatoms. The summed E-state index contributed by atoms with van der Waals surface area (Å²) < 4.78 is 15.3. The smallest absolute Gasteiger partial charge is 0.221 e. The summed E-state index contributed by atoms with van der Waals surface area (Å²) in [6.07, 6.45) is 12.4. The highest BCUT2D eigenvalue weighted by Gasteiger charge is 2.29. The average molecular weight is 556 g/mol. The van der Waals surface area contributed by atoms with E-state index in [4.69, 9.17) is 19.6 Å². The maximum atomic E-state index is 6.61. The molecule has 216 valence electrons. The Balaban J connectivity index is 1.23. The van der Waals surface area contributed by atoms with Gasteiger partial charge < -0.3 is 9.47 Å². The molecule has 1 N–H and O–H groups in total. The predicted octanol–water partition coefficient (Wildman–Crippen LogP) is 6.99. The number of H-pyrrole nitrogens is 1. The molecule has 2 heterocycles. The summed E-state index contributed by atoms with van der Waals surface area (Å²) in [5.74, 6) is 2.25. The van der Waals surface area contributed by atoms with Crippen molar-refractivity contribution in [1.82, 2.24) is 35.4 Å². The van der Waals surface area contributed by atoms with Crippen molar-refractivity contribution >= 4 is 0 Å². The number of tetrazole rings is 1. The van der Waals surface area contributed by atoms with E-state index in [-0.39, 0.29) is 18.2 Å². The van der Waals surface area contributed by atoms with Crippen molar-refractivity contribution in [2.24, 2.45) is 0 Å². The van der Waals surface area contributed by atoms with Gasteiger partial charge in [0.25, 0.3) is 0 Å². The molecule has 0 unspecified atom stereocenters. The van der Waals surface area contributed by atoms with E-state index in [1.165, 1.54) is 44.1 Å². The summed E-state index contributed by atoms with van der Waals surface area (Å²) in [5, 5.41) is 19.4. The van der Waals surface area contributed by atoms with Crippen molar-refractivity contribution in [3.63, 3.8) is 0 Å². The first-order valence-corrected chi connectivity index (χ1v) is 15.3. The van der Waals surface area contributed by atoms with Gasteiger partial charge >= 0.3 is 0 Å². The highest BCUT2D eigenvalue weighted by atomic mass is 16.7. The second-order valence-corrected chi connectivity index (χ2v) is 11.7. The molecule has 6 rings (SSSR count). The molecule has 41 heavy (non-hydrogen) atoms. The third kappa shape index (κ3) is 6.73. The average Bonchev–Trinajstić information content (AvgIpc) is 3.70. The molecule has 0 saturated heterocycles. The Bertz CT molecular complexity index is 1350. The summed E-state index contributed by atoms with van der Waals surface area (Å²) in [4.78, 5) is 5.06. The van der Waals surface area contributed by atoms with E-state index in [0.717, 1.165) is 48.2 Å². The van der Waals surface area contributed by atoms with E-state index in [1.807, 2.05) is 22.9 Å². The van der Waals surface area contributed by atoms with Gasteiger partial charge in [-0.1, -0.05) is 87.1 Å². The molecule has 2 aromatic heterocycles. The van der Waals surface area contributed by atoms with Gasteiger partial charge in [-0.25, -0.2) is 14.8 Å². The van der Waals surface area contributed by atoms with Crippen LogP contribution in [0.2, 0.25) is 0 Å². The number of nitrogens with one attached hydrogen (secondary N) is 1. The number of hydrogen-bond donors (Lipinski definition) is 1. The molecule has 0 atom stereocenters. The normalized spacial score (nSPS) is 17.1. The van der Waals surface area contributed by atoms with E-state index < -0.39 is 6.29 Å². The fourth-order valence-electron chi connectivity index (χ4n) is 6.11. The molecule has 0 aliphatic heterocycles. The molecule has 2 fully saturated rings. The standard InChI is InChI=1S/C32H41N7O2/c1-22(2)39-29(21-23-17-19-24(20-18-23)27-15-9-10-16-28(27)30-34-37-38-35-30)33-31(36-39)32(40-25-11-5-3-6-12-25)41-26-13-7-4-8-14-26/h9-10,15-20,22,25-26,32H,3-8,11-14,21H2,1-2H3,(H,34,35,37,38). The van der Waals surface area contributed by atoms with Crippen LogP contribution in [0.25, 0.3) is 22.5 Å². The van der Waals surface area contributed by atoms with Gasteiger partial charge in [-0.3, -0.25) is 0 Å². The first-order valence-electron chi connectivity index (χ1n) is 15.3. The van der Waals surface area contributed by atoms with Crippen LogP contribution in [0.5, 0.6) is 0 Å². The Labute approximate surface area is 242 Å². The molecule has 0 amide bonds. The number of ether oxygens (including phenoxy) is 2. The van der Waals surface area contributed by atoms with Gasteiger partial charge in [0.15, 0.2) is 5.82 Å². The Morgan fingerprint density at radius 1 is 0.829 bits per heavy atom. The Hall–Kier alpha value is -3.43. The molecular formula is C32H41N7O2. The summed E-state index contributed by atoms with van der Waals surface area (Å²) in [7, 11) is 0. The van der Waals surface area contributed by atoms with Crippen LogP contribution in [0.1, 0.15) is 108 Å². The van der Waals surface area contributed by atoms with Crippen LogP contribution < -0.4 is 0 Å². The van der Waals surface area contributed by atoms with Crippen molar-refractivity contribution in [2.45, 2.75) is 109 Å². The van der Waals surface area contributed by atoms with Crippen molar-refractivity contribution in [1.29, 1.82) is 0 Å². The Morgan fingerprint density at radius 2 is 1.46 bits per heavy atom. The number of rotatable bonds is 10. The number of hydrogen-bond acceptors (Lipinski definition) is 7. The zero-order valence-corrected chi connectivity index (χ0v) is 24.2. The van der Waals surface area contributed by atoms with Gasteiger partial charge in [-0.2, -0.15) is 5.10 Å². The minimum absolute atomic E-state index is 0.179. The Kier molecular flexibility index (Phi) is 8.82. The third-order valence-corrected chi connectivity index (χ3v) is 8.31. The van der Waals surface area contributed by atoms with Crippen molar-refractivity contribution in [3.8, 4) is 22.5 Å². The molecule has 4 aromatic rings. The zero-order valence-electron chi connectivity index (χ0n) is 24.2. The first-order chi connectivity index (χ1) is 20.1. The summed E-state index contributed by atoms with van der Waals surface area (Å²) in [6, 6.07) is 17.0. The van der Waals surface area contributed by atoms with Crippen LogP contribution in [0.4, 0.5) is 0 Å². The van der Waals surface area contributed by atoms with Crippen molar-refractivity contribution in [2.75, 3.05) is 0 Å². The number of aromatic amines is 1. The lowest BCUT2D eigenvalue weighted by Crippen LogP contribution is -2.27. The molecule has 9 nitrogen and oxygen atoms in total. The SMILES string of the molecule is CC(C)n1nc(C(OC2CCCCC2)OC2CCCCC2)nc1Cc1ccc(-c2ccccc2-c2nnn[nH]2)cc1. The fraction of sp³-hybridized carbons (Fsp3) is 0.531. The lowest BCUT2D eigenvalue weighted by atomic mass is 9.97. The van der Waals surface area contributed by atoms with Gasteiger partial charge in [0, 0.05) is 18.0 Å². The Morgan fingerprint density at radius 3 is 2.05 bits per heavy atom. The van der Waals surface area contributed by atoms with Crippen LogP contribution >= 0.6 is 0 Å². The lowest BCUT2D eigenvalue weighted by Gasteiger charge is -2.30. The second kappa shape index (κ2) is 13.0. The lowest BCUT2D eigenvalue weighted by molar-refractivity contribution is -0.212. The van der Waals surface area contributed by atoms with Crippen LogP contribution in [0.15, 0.2) is 48.5 Å². The fourth-order valence-corrected chi connectivity index (χ4v) is 6.11. The van der Waals surface area contributed by atoms with E-state index in [9.17, 15) is 0 Å². The topological polar surface area (TPSA) is 104 Å². The van der Waals surface area contributed by atoms with Gasteiger partial charge in [0.05, 0.1) is 12.2 Å². The predicted molar refractivity (Wildman–Crippen MR) is 157 cm³/mol. The second-order valence-electron chi connectivity index (χ2n) is 11.7. The monoisotopic (exact) mass is 555 g/mol. The van der Waals surface area contributed by atoms with E-state index in [0.29, 0.717) is 18.1 Å². The molecule has 2 aromatic carbocycles. The quantitative estimate of drug-likeness (QED) is 0.210. The molecule has 0 radical (unpaired) electrons. The van der Waals surface area contributed by atoms with E-state index in [2.05, 4.69) is 64.8 Å². The molecule has 0 bridgehead atoms. The number of aromatic nitrogens is 7. The molecular weight excluding hydrogens is 514 g/mol. The van der Waals surface area contributed by atoms with Crippen LogP contribution in [-0.2, 0) is 15.9 Å². The summed E-state index contributed by atoms with van der Waals surface area (Å²) in [6.45, 7) is 4.30. The highest BCUT2D eigenvalue weighted by Crippen LogP contribution is 2.33. The zero-order chi connectivity index (χ0) is 28.0. The van der Waals surface area contributed by atoms with Crippen molar-refractivity contribution < 1.29 is 9.47 Å². The van der Waals surface area contributed by atoms with Gasteiger partial charge in [0.2, 0.25) is 12.1 Å². The largest absolute Gasteiger partial charge is 0.342 e. The highest BCUT2D eigenvalue weighted by molar-refractivity contribution is 5.80. The molecule has 2 saturated carbocycles. The van der Waals surface area contributed by atoms with Crippen LogP contribution in [0, 0.1) is 0 Å². The third-order valence-electron chi connectivity index (χ3n) is 8.31.